The van der Waals surface area contributed by atoms with Gasteiger partial charge < -0.3 is 15.5 Å². The molecule has 0 atom stereocenters. The number of carbonyl (C=O) groups excluding carboxylic acids is 1. The predicted octanol–water partition coefficient (Wildman–Crippen LogP) is 2.47. The molecule has 2 N–H and O–H groups in total. The molecule has 1 amide bonds. The topological polar surface area (TPSA) is 122 Å². The van der Waals surface area contributed by atoms with Gasteiger partial charge in [0.1, 0.15) is 33.9 Å². The van der Waals surface area contributed by atoms with Crippen LogP contribution in [-0.2, 0) is 6.42 Å². The summed E-state index contributed by atoms with van der Waals surface area (Å²) in [6, 6.07) is 9.29. The maximum absolute atomic E-state index is 12.7. The molecule has 4 aromatic heterocycles. The van der Waals surface area contributed by atoms with Crippen LogP contribution in [0.4, 0.5) is 11.6 Å². The van der Waals surface area contributed by atoms with E-state index in [2.05, 4.69) is 40.5 Å². The molecule has 0 radical (unpaired) electrons. The monoisotopic (exact) mass is 473 g/mol. The van der Waals surface area contributed by atoms with Crippen molar-refractivity contribution in [3.05, 3.63) is 70.3 Å². The van der Waals surface area contributed by atoms with Crippen molar-refractivity contribution < 1.29 is 4.79 Å². The van der Waals surface area contributed by atoms with Crippen LogP contribution in [0.1, 0.15) is 27.0 Å². The number of nitrogens with one attached hydrogen (secondary N) is 2. The van der Waals surface area contributed by atoms with Crippen LogP contribution in [0.15, 0.2) is 48.1 Å². The summed E-state index contributed by atoms with van der Waals surface area (Å²) in [4.78, 5) is 41.3. The van der Waals surface area contributed by atoms with Crippen LogP contribution in [-0.4, -0.2) is 66.9 Å². The molecule has 0 aromatic carbocycles. The third kappa shape index (κ3) is 5.21. The molecule has 10 nitrogen and oxygen atoms in total. The third-order valence-corrected chi connectivity index (χ3v) is 6.07. The Morgan fingerprint density at radius 1 is 1.03 bits per heavy atom. The van der Waals surface area contributed by atoms with Gasteiger partial charge in [-0.25, -0.2) is 29.9 Å². The van der Waals surface area contributed by atoms with Crippen LogP contribution in [0.3, 0.4) is 0 Å². The Morgan fingerprint density at radius 2 is 1.82 bits per heavy atom. The van der Waals surface area contributed by atoms with Crippen molar-refractivity contribution in [2.75, 3.05) is 31.5 Å². The molecule has 11 heteroatoms. The summed E-state index contributed by atoms with van der Waals surface area (Å²) in [5.41, 5.74) is 2.09. The van der Waals surface area contributed by atoms with Gasteiger partial charge in [-0.05, 0) is 31.2 Å². The summed E-state index contributed by atoms with van der Waals surface area (Å²) in [5.74, 6) is 2.34. The van der Waals surface area contributed by atoms with Crippen molar-refractivity contribution in [1.29, 1.82) is 0 Å². The molecular formula is C23H23N9OS. The lowest BCUT2D eigenvalue weighted by atomic mass is 10.3. The number of thiazole rings is 1. The lowest BCUT2D eigenvalue weighted by molar-refractivity contribution is 0.0730. The number of hydrogen-bond acceptors (Lipinski definition) is 10. The number of anilines is 2. The van der Waals surface area contributed by atoms with Gasteiger partial charge in [0.05, 0.1) is 6.42 Å². The normalized spacial score (nSPS) is 13.6. The highest BCUT2D eigenvalue weighted by molar-refractivity contribution is 7.09. The van der Waals surface area contributed by atoms with Crippen LogP contribution in [0.2, 0.25) is 0 Å². The molecule has 1 aliphatic rings. The zero-order valence-electron chi connectivity index (χ0n) is 18.6. The number of rotatable bonds is 6. The van der Waals surface area contributed by atoms with Gasteiger partial charge in [-0.3, -0.25) is 4.79 Å². The lowest BCUT2D eigenvalue weighted by Crippen LogP contribution is -2.46. The minimum Gasteiger partial charge on any atom is -0.335 e. The van der Waals surface area contributed by atoms with Gasteiger partial charge in [-0.15, -0.1) is 11.3 Å². The summed E-state index contributed by atoms with van der Waals surface area (Å²) in [6.07, 6.45) is 3.82. The van der Waals surface area contributed by atoms with E-state index in [9.17, 15) is 4.79 Å². The zero-order valence-corrected chi connectivity index (χ0v) is 19.4. The quantitative estimate of drug-likeness (QED) is 0.435. The molecule has 0 bridgehead atoms. The van der Waals surface area contributed by atoms with E-state index in [-0.39, 0.29) is 5.91 Å². The second kappa shape index (κ2) is 9.98. The first-order valence-electron chi connectivity index (χ1n) is 10.9. The number of aromatic nitrogens is 6. The Bertz CT molecular complexity index is 1300. The second-order valence-electron chi connectivity index (χ2n) is 7.76. The molecular weight excluding hydrogens is 450 g/mol. The molecule has 0 saturated carbocycles. The van der Waals surface area contributed by atoms with Gasteiger partial charge in [-0.2, -0.15) is 0 Å². The van der Waals surface area contributed by atoms with E-state index in [1.807, 2.05) is 35.4 Å². The highest BCUT2D eigenvalue weighted by atomic mass is 32.1. The number of carbonyl (C=O) groups is 1. The first-order chi connectivity index (χ1) is 16.6. The Kier molecular flexibility index (Phi) is 6.45. The van der Waals surface area contributed by atoms with E-state index in [0.29, 0.717) is 54.2 Å². The number of aryl methyl sites for hydroxylation is 1. The summed E-state index contributed by atoms with van der Waals surface area (Å²) in [7, 11) is 0. The fourth-order valence-electron chi connectivity index (χ4n) is 3.56. The Hall–Kier alpha value is -3.83. The van der Waals surface area contributed by atoms with Crippen molar-refractivity contribution in [2.45, 2.75) is 13.3 Å². The second-order valence-corrected chi connectivity index (χ2v) is 8.70. The fraction of sp³-hybridized carbons (Fsp3) is 0.261. The lowest BCUT2D eigenvalue weighted by Gasteiger charge is -2.26. The maximum Gasteiger partial charge on any atom is 0.273 e. The minimum atomic E-state index is -0.0250. The van der Waals surface area contributed by atoms with Crippen molar-refractivity contribution in [2.24, 2.45) is 0 Å². The average molecular weight is 474 g/mol. The van der Waals surface area contributed by atoms with Gasteiger partial charge in [0, 0.05) is 49.6 Å². The molecule has 5 heterocycles. The minimum absolute atomic E-state index is 0.0250. The fourth-order valence-corrected chi connectivity index (χ4v) is 4.32. The van der Waals surface area contributed by atoms with Crippen LogP contribution >= 0.6 is 11.3 Å². The number of nitrogens with zero attached hydrogens (tertiary/aromatic N) is 7. The number of piperazine rings is 1. The predicted molar refractivity (Wildman–Crippen MR) is 129 cm³/mol. The molecule has 172 valence electrons. The van der Waals surface area contributed by atoms with Gasteiger partial charge in [0.25, 0.3) is 5.91 Å². The SMILES string of the molecule is Cc1cccc(-c2nccc(Nc3ccnc(Cc4nc(C(=O)N5CCNCC5)cs4)n3)n2)n1. The van der Waals surface area contributed by atoms with E-state index >= 15 is 0 Å². The van der Waals surface area contributed by atoms with Crippen LogP contribution in [0.25, 0.3) is 11.5 Å². The van der Waals surface area contributed by atoms with E-state index in [1.165, 1.54) is 11.3 Å². The molecule has 1 fully saturated rings. The van der Waals surface area contributed by atoms with E-state index in [1.54, 1.807) is 24.5 Å². The smallest absolute Gasteiger partial charge is 0.273 e. The van der Waals surface area contributed by atoms with Crippen molar-refractivity contribution in [3.8, 4) is 11.5 Å². The Morgan fingerprint density at radius 3 is 2.65 bits per heavy atom. The van der Waals surface area contributed by atoms with Gasteiger partial charge >= 0.3 is 0 Å². The van der Waals surface area contributed by atoms with Crippen LogP contribution in [0.5, 0.6) is 0 Å². The standard InChI is InChI=1S/C23H23N9OS/c1-15-3-2-4-16(27-15)22-26-8-6-19(31-22)29-18-5-7-25-20(30-18)13-21-28-17(14-34-21)23(33)32-11-9-24-10-12-32/h2-8,14,24H,9-13H2,1H3,(H,25,26,29,30,31). The molecule has 1 saturated heterocycles. The van der Waals surface area contributed by atoms with Crippen LogP contribution in [0, 0.1) is 6.92 Å². The van der Waals surface area contributed by atoms with Gasteiger partial charge in [0.15, 0.2) is 5.82 Å². The summed E-state index contributed by atoms with van der Waals surface area (Å²) >= 11 is 1.45. The molecule has 1 aliphatic heterocycles. The molecule has 34 heavy (non-hydrogen) atoms. The highest BCUT2D eigenvalue weighted by Crippen LogP contribution is 2.19. The number of pyridine rings is 1. The van der Waals surface area contributed by atoms with Crippen molar-refractivity contribution in [1.82, 2.24) is 40.1 Å². The Labute approximate surface area is 200 Å². The van der Waals surface area contributed by atoms with E-state index in [0.717, 1.165) is 23.8 Å². The zero-order chi connectivity index (χ0) is 23.3. The summed E-state index contributed by atoms with van der Waals surface area (Å²) < 4.78 is 0. The summed E-state index contributed by atoms with van der Waals surface area (Å²) in [5, 5.41) is 9.06. The first kappa shape index (κ1) is 22.0. The highest BCUT2D eigenvalue weighted by Gasteiger charge is 2.20. The average Bonchev–Trinajstić information content (AvgIpc) is 3.33. The molecule has 0 unspecified atom stereocenters. The van der Waals surface area contributed by atoms with E-state index < -0.39 is 0 Å². The maximum atomic E-state index is 12.7. The molecule has 4 aromatic rings. The third-order valence-electron chi connectivity index (χ3n) is 5.22. The van der Waals surface area contributed by atoms with Crippen molar-refractivity contribution >= 4 is 28.9 Å². The van der Waals surface area contributed by atoms with E-state index in [4.69, 9.17) is 0 Å². The van der Waals surface area contributed by atoms with Crippen LogP contribution < -0.4 is 10.6 Å². The van der Waals surface area contributed by atoms with Gasteiger partial charge in [-0.1, -0.05) is 6.07 Å². The first-order valence-corrected chi connectivity index (χ1v) is 11.8. The number of hydrogen-bond donors (Lipinski definition) is 2. The molecule has 5 rings (SSSR count). The molecule has 0 aliphatic carbocycles. The summed E-state index contributed by atoms with van der Waals surface area (Å²) in [6.45, 7) is 4.96. The molecule has 0 spiro atoms. The number of amides is 1. The van der Waals surface area contributed by atoms with Crippen molar-refractivity contribution in [3.63, 3.8) is 0 Å². The Balaban J connectivity index is 1.27. The largest absolute Gasteiger partial charge is 0.335 e. The van der Waals surface area contributed by atoms with Gasteiger partial charge in [0.2, 0.25) is 0 Å².